The first-order chi connectivity index (χ1) is 14.5. The fraction of sp³-hybridized carbons (Fsp3) is 0.550. The molecule has 5 N–H and O–H groups in total. The van der Waals surface area contributed by atoms with Crippen LogP contribution in [0.1, 0.15) is 72.7 Å². The van der Waals surface area contributed by atoms with Crippen molar-refractivity contribution in [1.29, 1.82) is 0 Å². The Kier molecular flexibility index (Phi) is 5.67. The molecule has 2 atom stereocenters. The molecular formula is C20H27N5O4S2. The number of nitrogens with one attached hydrogen (secondary N) is 1. The number of thiazole rings is 1. The van der Waals surface area contributed by atoms with E-state index in [0.717, 1.165) is 71.6 Å². The maximum absolute atomic E-state index is 13.1. The van der Waals surface area contributed by atoms with Gasteiger partial charge in [0.2, 0.25) is 0 Å². The van der Waals surface area contributed by atoms with Crippen molar-refractivity contribution >= 4 is 33.0 Å². The third-order valence-electron chi connectivity index (χ3n) is 5.70. The number of rotatable bonds is 4. The molecule has 0 spiro atoms. The summed E-state index contributed by atoms with van der Waals surface area (Å²) >= 11 is 0.881. The second kappa shape index (κ2) is 7.89. The normalized spacial score (nSPS) is 19.6. The van der Waals surface area contributed by atoms with E-state index >= 15 is 0 Å². The standard InChI is InChI=1S/C20H27N5O4S2/c1-10-7-8-12-15(10)22-13-6-4-5-11(13)16(12)24-19(27)25-31(21,29)17-14(9-26)23-18(30-17)20(2,3)28/h10,26,28H,4-9H2,1-3H3,(H3,21,22,24,25,27,29)/t10?,31-/m0/s1. The number of urea groups is 1. The molecule has 0 saturated heterocycles. The van der Waals surface area contributed by atoms with E-state index in [4.69, 9.17) is 10.1 Å². The number of aliphatic hydroxyl groups is 2. The van der Waals surface area contributed by atoms with Gasteiger partial charge in [0.05, 0.1) is 18.0 Å². The fourth-order valence-electron chi connectivity index (χ4n) is 4.17. The maximum atomic E-state index is 13.1. The van der Waals surface area contributed by atoms with E-state index < -0.39 is 28.2 Å². The number of nitrogens with two attached hydrogens (primary N) is 1. The largest absolute Gasteiger partial charge is 0.390 e. The van der Waals surface area contributed by atoms with E-state index in [0.29, 0.717) is 5.92 Å². The van der Waals surface area contributed by atoms with Gasteiger partial charge in [-0.3, -0.25) is 4.98 Å². The molecule has 11 heteroatoms. The van der Waals surface area contributed by atoms with Crippen LogP contribution in [0.15, 0.2) is 8.57 Å². The number of anilines is 1. The van der Waals surface area contributed by atoms with Crippen LogP contribution in [0.4, 0.5) is 10.5 Å². The Bertz CT molecular complexity index is 1180. The number of carbonyl (C=O) groups excluding carboxylic acids is 1. The number of hydrogen-bond acceptors (Lipinski definition) is 7. The van der Waals surface area contributed by atoms with Crippen LogP contribution >= 0.6 is 11.3 Å². The molecule has 2 aliphatic rings. The average molecular weight is 466 g/mol. The van der Waals surface area contributed by atoms with E-state index in [9.17, 15) is 19.2 Å². The van der Waals surface area contributed by atoms with Crippen molar-refractivity contribution in [3.8, 4) is 0 Å². The molecule has 2 aromatic rings. The third-order valence-corrected chi connectivity index (χ3v) is 9.08. The van der Waals surface area contributed by atoms with Crippen molar-refractivity contribution in [3.63, 3.8) is 0 Å². The molecule has 2 amide bonds. The molecule has 0 saturated carbocycles. The van der Waals surface area contributed by atoms with Crippen molar-refractivity contribution < 1.29 is 19.2 Å². The Morgan fingerprint density at radius 1 is 1.32 bits per heavy atom. The SMILES string of the molecule is CC1CCc2c1nc1c(c2NC(=O)N=[S@](N)(=O)c2sc(C(C)(C)O)nc2CO)CCC1. The average Bonchev–Trinajstić information content (AvgIpc) is 3.39. The van der Waals surface area contributed by atoms with Crippen molar-refractivity contribution in [2.24, 2.45) is 9.50 Å². The minimum atomic E-state index is -3.67. The summed E-state index contributed by atoms with van der Waals surface area (Å²) in [7, 11) is -3.67. The fourth-order valence-corrected chi connectivity index (χ4v) is 6.63. The maximum Gasteiger partial charge on any atom is 0.354 e. The van der Waals surface area contributed by atoms with Crippen LogP contribution < -0.4 is 10.5 Å². The minimum absolute atomic E-state index is 0.0129. The van der Waals surface area contributed by atoms with E-state index in [1.165, 1.54) is 13.8 Å². The highest BCUT2D eigenvalue weighted by Crippen LogP contribution is 2.41. The lowest BCUT2D eigenvalue weighted by Gasteiger charge is -2.15. The number of amides is 2. The summed E-state index contributed by atoms with van der Waals surface area (Å²) in [6.45, 7) is 4.63. The molecule has 31 heavy (non-hydrogen) atoms. The first kappa shape index (κ1) is 22.3. The van der Waals surface area contributed by atoms with Gasteiger partial charge in [-0.25, -0.2) is 19.1 Å². The van der Waals surface area contributed by atoms with E-state index in [1.54, 1.807) is 0 Å². The van der Waals surface area contributed by atoms with Gasteiger partial charge in [-0.15, -0.1) is 15.7 Å². The molecular weight excluding hydrogens is 438 g/mol. The van der Waals surface area contributed by atoms with Crippen LogP contribution in [0, 0.1) is 0 Å². The van der Waals surface area contributed by atoms with E-state index in [2.05, 4.69) is 21.6 Å². The highest BCUT2D eigenvalue weighted by atomic mass is 32.2. The lowest BCUT2D eigenvalue weighted by Crippen LogP contribution is -2.19. The molecule has 1 unspecified atom stereocenters. The highest BCUT2D eigenvalue weighted by Gasteiger charge is 2.31. The van der Waals surface area contributed by atoms with Crippen LogP contribution in [0.2, 0.25) is 0 Å². The number of aromatic nitrogens is 2. The van der Waals surface area contributed by atoms with Gasteiger partial charge in [0.1, 0.15) is 14.8 Å². The zero-order valence-electron chi connectivity index (χ0n) is 17.8. The quantitative estimate of drug-likeness (QED) is 0.545. The number of pyridine rings is 1. The number of nitrogens with zero attached hydrogens (tertiary/aromatic N) is 3. The molecule has 9 nitrogen and oxygen atoms in total. The van der Waals surface area contributed by atoms with Crippen molar-refractivity contribution in [2.75, 3.05) is 5.32 Å². The number of aryl methyl sites for hydroxylation is 1. The topological polar surface area (TPSA) is 151 Å². The molecule has 168 valence electrons. The molecule has 0 bridgehead atoms. The highest BCUT2D eigenvalue weighted by molar-refractivity contribution is 7.93. The Morgan fingerprint density at radius 3 is 2.74 bits per heavy atom. The van der Waals surface area contributed by atoms with Gasteiger partial charge in [0.25, 0.3) is 0 Å². The summed E-state index contributed by atoms with van der Waals surface area (Å²) in [5, 5.41) is 28.8. The molecule has 2 aliphatic carbocycles. The van der Waals surface area contributed by atoms with Crippen LogP contribution in [0.25, 0.3) is 0 Å². The second-order valence-corrected chi connectivity index (χ2v) is 11.6. The third kappa shape index (κ3) is 4.12. The van der Waals surface area contributed by atoms with Crippen molar-refractivity contribution in [3.05, 3.63) is 33.2 Å². The van der Waals surface area contributed by atoms with Crippen LogP contribution in [-0.4, -0.2) is 30.4 Å². The number of fused-ring (bicyclic) bond motifs is 2. The monoisotopic (exact) mass is 465 g/mol. The molecule has 0 radical (unpaired) electrons. The van der Waals surface area contributed by atoms with Gasteiger partial charge >= 0.3 is 6.03 Å². The molecule has 0 aromatic carbocycles. The number of aliphatic hydroxyl groups excluding tert-OH is 1. The van der Waals surface area contributed by atoms with Gasteiger partial charge in [-0.1, -0.05) is 6.92 Å². The number of hydrogen-bond donors (Lipinski definition) is 4. The molecule has 0 fully saturated rings. The lowest BCUT2D eigenvalue weighted by atomic mass is 10.0. The van der Waals surface area contributed by atoms with Crippen LogP contribution in [0.3, 0.4) is 0 Å². The van der Waals surface area contributed by atoms with Gasteiger partial charge in [0, 0.05) is 11.4 Å². The summed E-state index contributed by atoms with van der Waals surface area (Å²) in [5.74, 6) is 0.330. The van der Waals surface area contributed by atoms with Crippen LogP contribution in [-0.2, 0) is 41.4 Å². The molecule has 2 aromatic heterocycles. The van der Waals surface area contributed by atoms with E-state index in [-0.39, 0.29) is 14.9 Å². The predicted octanol–water partition coefficient (Wildman–Crippen LogP) is 2.73. The van der Waals surface area contributed by atoms with Gasteiger partial charge in [0.15, 0.2) is 9.92 Å². The van der Waals surface area contributed by atoms with E-state index in [1.807, 2.05) is 0 Å². The minimum Gasteiger partial charge on any atom is -0.390 e. The molecule has 0 aliphatic heterocycles. The Morgan fingerprint density at radius 2 is 2.06 bits per heavy atom. The summed E-state index contributed by atoms with van der Waals surface area (Å²) in [4.78, 5) is 21.8. The Hall–Kier alpha value is -1.92. The lowest BCUT2D eigenvalue weighted by molar-refractivity contribution is 0.0779. The Labute approximate surface area is 185 Å². The zero-order chi connectivity index (χ0) is 22.6. The summed E-state index contributed by atoms with van der Waals surface area (Å²) in [6, 6.07) is -0.809. The molecule has 4 rings (SSSR count). The summed E-state index contributed by atoms with van der Waals surface area (Å²) in [6.07, 6.45) is 4.48. The predicted molar refractivity (Wildman–Crippen MR) is 118 cm³/mol. The first-order valence-electron chi connectivity index (χ1n) is 10.2. The summed E-state index contributed by atoms with van der Waals surface area (Å²) in [5.41, 5.74) is 3.55. The van der Waals surface area contributed by atoms with Crippen molar-refractivity contribution in [2.45, 2.75) is 75.2 Å². The van der Waals surface area contributed by atoms with Gasteiger partial charge < -0.3 is 15.5 Å². The zero-order valence-corrected chi connectivity index (χ0v) is 19.4. The van der Waals surface area contributed by atoms with Gasteiger partial charge in [-0.2, -0.15) is 0 Å². The summed E-state index contributed by atoms with van der Waals surface area (Å²) < 4.78 is 16.9. The first-order valence-corrected chi connectivity index (χ1v) is 12.6. The van der Waals surface area contributed by atoms with Crippen LogP contribution in [0.5, 0.6) is 0 Å². The van der Waals surface area contributed by atoms with Crippen molar-refractivity contribution in [1.82, 2.24) is 9.97 Å². The second-order valence-electron chi connectivity index (χ2n) is 8.63. The smallest absolute Gasteiger partial charge is 0.354 e. The van der Waals surface area contributed by atoms with Gasteiger partial charge in [-0.05, 0) is 63.0 Å². The number of carbonyl (C=O) groups is 1. The molecule has 2 heterocycles. The Balaban J connectivity index is 1.71.